The molecule has 2 aromatic rings. The maximum atomic E-state index is 13.1. The molecule has 0 bridgehead atoms. The number of carbonyl (C=O) groups is 1. The fourth-order valence-corrected chi connectivity index (χ4v) is 4.69. The minimum absolute atomic E-state index is 0.0941. The SMILES string of the molecule is C[C@H]1[C@@H]([NH2+][C@@H]2c3ccccc3C(=O)N2Cc2ccccc2)CCC[C@@H]1C. The monoisotopic (exact) mass is 349 g/mol. The van der Waals surface area contributed by atoms with Gasteiger partial charge in [-0.1, -0.05) is 62.4 Å². The third-order valence-corrected chi connectivity index (χ3v) is 6.50. The van der Waals surface area contributed by atoms with Gasteiger partial charge in [0.25, 0.3) is 5.91 Å². The molecule has 2 aliphatic rings. The van der Waals surface area contributed by atoms with Crippen molar-refractivity contribution in [2.45, 2.75) is 51.9 Å². The van der Waals surface area contributed by atoms with Gasteiger partial charge in [0.1, 0.15) is 0 Å². The van der Waals surface area contributed by atoms with Crippen molar-refractivity contribution in [3.05, 3.63) is 71.3 Å². The summed E-state index contributed by atoms with van der Waals surface area (Å²) in [6.07, 6.45) is 3.97. The quantitative estimate of drug-likeness (QED) is 0.897. The fourth-order valence-electron chi connectivity index (χ4n) is 4.69. The molecule has 3 nitrogen and oxygen atoms in total. The van der Waals surface area contributed by atoms with E-state index in [1.165, 1.54) is 30.4 Å². The molecule has 0 aromatic heterocycles. The summed E-state index contributed by atoms with van der Waals surface area (Å²) in [5.41, 5.74) is 3.25. The first-order valence-electron chi connectivity index (χ1n) is 9.94. The summed E-state index contributed by atoms with van der Waals surface area (Å²) in [5.74, 6) is 1.62. The van der Waals surface area contributed by atoms with Gasteiger partial charge >= 0.3 is 0 Å². The lowest BCUT2D eigenvalue weighted by molar-refractivity contribution is -0.751. The zero-order chi connectivity index (χ0) is 18.1. The van der Waals surface area contributed by atoms with E-state index in [0.717, 1.165) is 11.5 Å². The average Bonchev–Trinajstić information content (AvgIpc) is 2.92. The van der Waals surface area contributed by atoms with Crippen molar-refractivity contribution in [1.82, 2.24) is 4.90 Å². The van der Waals surface area contributed by atoms with E-state index in [2.05, 4.69) is 48.3 Å². The molecule has 1 heterocycles. The predicted octanol–water partition coefficient (Wildman–Crippen LogP) is 3.73. The molecule has 136 valence electrons. The van der Waals surface area contributed by atoms with E-state index >= 15 is 0 Å². The van der Waals surface area contributed by atoms with Crippen molar-refractivity contribution in [2.24, 2.45) is 11.8 Å². The van der Waals surface area contributed by atoms with Gasteiger partial charge in [0.05, 0.1) is 18.2 Å². The maximum absolute atomic E-state index is 13.1. The molecule has 1 amide bonds. The topological polar surface area (TPSA) is 36.9 Å². The molecule has 1 aliphatic heterocycles. The Morgan fingerprint density at radius 2 is 1.73 bits per heavy atom. The molecule has 0 saturated heterocycles. The third-order valence-electron chi connectivity index (χ3n) is 6.50. The zero-order valence-electron chi connectivity index (χ0n) is 15.8. The number of hydrogen-bond acceptors (Lipinski definition) is 1. The van der Waals surface area contributed by atoms with Gasteiger partial charge in [0, 0.05) is 11.5 Å². The average molecular weight is 349 g/mol. The highest BCUT2D eigenvalue weighted by Crippen LogP contribution is 2.33. The van der Waals surface area contributed by atoms with Gasteiger partial charge in [-0.2, -0.15) is 0 Å². The predicted molar refractivity (Wildman–Crippen MR) is 103 cm³/mol. The second-order valence-corrected chi connectivity index (χ2v) is 8.07. The molecule has 26 heavy (non-hydrogen) atoms. The molecule has 4 rings (SSSR count). The van der Waals surface area contributed by atoms with Crippen LogP contribution in [0.5, 0.6) is 0 Å². The Morgan fingerprint density at radius 3 is 2.54 bits per heavy atom. The van der Waals surface area contributed by atoms with E-state index in [1.807, 2.05) is 30.3 Å². The molecule has 3 heteroatoms. The Labute approximate surface area is 156 Å². The van der Waals surface area contributed by atoms with E-state index in [9.17, 15) is 4.79 Å². The zero-order valence-corrected chi connectivity index (χ0v) is 15.8. The van der Waals surface area contributed by atoms with Gasteiger partial charge in [-0.15, -0.1) is 0 Å². The van der Waals surface area contributed by atoms with Crippen molar-refractivity contribution >= 4 is 5.91 Å². The fraction of sp³-hybridized carbons (Fsp3) is 0.435. The van der Waals surface area contributed by atoms with Crippen LogP contribution in [0.4, 0.5) is 0 Å². The lowest BCUT2D eigenvalue weighted by Gasteiger charge is -2.35. The highest BCUT2D eigenvalue weighted by atomic mass is 16.2. The molecule has 1 aliphatic carbocycles. The van der Waals surface area contributed by atoms with Crippen LogP contribution in [0, 0.1) is 11.8 Å². The van der Waals surface area contributed by atoms with Crippen molar-refractivity contribution < 1.29 is 10.1 Å². The molecule has 0 unspecified atom stereocenters. The highest BCUT2D eigenvalue weighted by Gasteiger charge is 2.42. The van der Waals surface area contributed by atoms with E-state index in [-0.39, 0.29) is 12.1 Å². The molecule has 1 fully saturated rings. The van der Waals surface area contributed by atoms with Gasteiger partial charge in [0.15, 0.2) is 6.17 Å². The Bertz CT molecular complexity index is 773. The Morgan fingerprint density at radius 1 is 1.00 bits per heavy atom. The number of hydrogen-bond donors (Lipinski definition) is 1. The number of benzene rings is 2. The third kappa shape index (κ3) is 3.16. The Kier molecular flexibility index (Phi) is 4.82. The van der Waals surface area contributed by atoms with Gasteiger partial charge in [-0.3, -0.25) is 9.69 Å². The van der Waals surface area contributed by atoms with Gasteiger partial charge in [-0.05, 0) is 36.8 Å². The smallest absolute Gasteiger partial charge is 0.259 e. The number of amides is 1. The van der Waals surface area contributed by atoms with Crippen LogP contribution in [-0.4, -0.2) is 16.8 Å². The standard InChI is InChI=1S/C23H28N2O/c1-16-9-8-14-21(17(16)2)24-22-19-12-6-7-13-20(19)23(26)25(22)15-18-10-4-3-5-11-18/h3-7,10-13,16-17,21-22,24H,8-9,14-15H2,1-2H3/p+1/t16-,17+,21-,22-/m0/s1. The van der Waals surface area contributed by atoms with Gasteiger partial charge in [-0.25, -0.2) is 0 Å². The van der Waals surface area contributed by atoms with Crippen LogP contribution in [0.3, 0.4) is 0 Å². The van der Waals surface area contributed by atoms with E-state index < -0.39 is 0 Å². The molecular weight excluding hydrogens is 320 g/mol. The van der Waals surface area contributed by atoms with Crippen LogP contribution in [0.2, 0.25) is 0 Å². The van der Waals surface area contributed by atoms with E-state index in [0.29, 0.717) is 18.5 Å². The molecule has 1 saturated carbocycles. The number of nitrogens with zero attached hydrogens (tertiary/aromatic N) is 1. The summed E-state index contributed by atoms with van der Waals surface area (Å²) < 4.78 is 0. The van der Waals surface area contributed by atoms with Crippen LogP contribution < -0.4 is 5.32 Å². The van der Waals surface area contributed by atoms with Crippen molar-refractivity contribution in [3.63, 3.8) is 0 Å². The summed E-state index contributed by atoms with van der Waals surface area (Å²) in [4.78, 5) is 15.2. The lowest BCUT2D eigenvalue weighted by Crippen LogP contribution is -2.94. The summed E-state index contributed by atoms with van der Waals surface area (Å²) in [7, 11) is 0. The first-order chi connectivity index (χ1) is 12.6. The van der Waals surface area contributed by atoms with Crippen molar-refractivity contribution in [2.75, 3.05) is 0 Å². The van der Waals surface area contributed by atoms with Crippen LogP contribution >= 0.6 is 0 Å². The number of rotatable bonds is 4. The first kappa shape index (κ1) is 17.3. The highest BCUT2D eigenvalue weighted by molar-refractivity contribution is 5.98. The first-order valence-corrected chi connectivity index (χ1v) is 9.94. The number of nitrogens with two attached hydrogens (primary N) is 1. The molecule has 0 spiro atoms. The van der Waals surface area contributed by atoms with Crippen LogP contribution in [0.25, 0.3) is 0 Å². The summed E-state index contributed by atoms with van der Waals surface area (Å²) in [6, 6.07) is 19.1. The molecule has 2 aromatic carbocycles. The minimum Gasteiger partial charge on any atom is -0.320 e. The van der Waals surface area contributed by atoms with Gasteiger partial charge in [0.2, 0.25) is 0 Å². The van der Waals surface area contributed by atoms with Crippen LogP contribution in [0.1, 0.15) is 60.8 Å². The number of quaternary nitrogens is 1. The van der Waals surface area contributed by atoms with Gasteiger partial charge < -0.3 is 5.32 Å². The lowest BCUT2D eigenvalue weighted by atomic mass is 9.78. The van der Waals surface area contributed by atoms with E-state index in [4.69, 9.17) is 0 Å². The normalized spacial score (nSPS) is 28.2. The van der Waals surface area contributed by atoms with E-state index in [1.54, 1.807) is 0 Å². The molecular formula is C23H29N2O+. The summed E-state index contributed by atoms with van der Waals surface area (Å²) >= 11 is 0. The summed E-state index contributed by atoms with van der Waals surface area (Å²) in [5, 5.41) is 2.48. The molecule has 4 atom stereocenters. The second-order valence-electron chi connectivity index (χ2n) is 8.07. The number of fused-ring (bicyclic) bond motifs is 1. The largest absolute Gasteiger partial charge is 0.320 e. The van der Waals surface area contributed by atoms with Crippen molar-refractivity contribution in [3.8, 4) is 0 Å². The van der Waals surface area contributed by atoms with Crippen LogP contribution in [0.15, 0.2) is 54.6 Å². The Balaban J connectivity index is 1.62. The molecule has 2 N–H and O–H groups in total. The maximum Gasteiger partial charge on any atom is 0.259 e. The Hall–Kier alpha value is -2.13. The summed E-state index contributed by atoms with van der Waals surface area (Å²) in [6.45, 7) is 5.43. The minimum atomic E-state index is 0.0941. The second kappa shape index (κ2) is 7.24. The number of carbonyl (C=O) groups excluding carboxylic acids is 1. The van der Waals surface area contributed by atoms with Crippen LogP contribution in [-0.2, 0) is 6.54 Å². The molecule has 0 radical (unpaired) electrons. The van der Waals surface area contributed by atoms with Crippen molar-refractivity contribution in [1.29, 1.82) is 0 Å².